The smallest absolute Gasteiger partial charge is 0.220 e. The number of rotatable bonds is 3. The number of carbonyl (C=O) groups is 1. The van der Waals surface area contributed by atoms with Crippen LogP contribution in [0.3, 0.4) is 0 Å². The fourth-order valence-electron chi connectivity index (χ4n) is 1.87. The van der Waals surface area contributed by atoms with E-state index in [2.05, 4.69) is 4.72 Å². The number of amides is 1. The molecule has 3 unspecified atom stereocenters. The molecule has 3 atom stereocenters. The largest absolute Gasteiger partial charge is 0.369 e. The van der Waals surface area contributed by atoms with Crippen LogP contribution in [0.4, 0.5) is 0 Å². The average molecular weight is 219 g/mol. The van der Waals surface area contributed by atoms with Crippen molar-refractivity contribution < 1.29 is 9.00 Å². The third-order valence-corrected chi connectivity index (χ3v) is 3.25. The summed E-state index contributed by atoms with van der Waals surface area (Å²) < 4.78 is 21.1. The van der Waals surface area contributed by atoms with Crippen LogP contribution in [0.2, 0.25) is 0 Å². The Morgan fingerprint density at radius 1 is 1.57 bits per heavy atom. The molecule has 0 aliphatic heterocycles. The van der Waals surface area contributed by atoms with Crippen LogP contribution in [0.1, 0.15) is 25.7 Å². The van der Waals surface area contributed by atoms with E-state index in [0.717, 1.165) is 19.3 Å². The van der Waals surface area contributed by atoms with E-state index in [9.17, 15) is 9.00 Å². The van der Waals surface area contributed by atoms with Crippen molar-refractivity contribution in [3.05, 3.63) is 0 Å². The van der Waals surface area contributed by atoms with Crippen molar-refractivity contribution in [2.45, 2.75) is 31.7 Å². The molecule has 6 heteroatoms. The lowest BCUT2D eigenvalue weighted by atomic mass is 9.86. The lowest BCUT2D eigenvalue weighted by Crippen LogP contribution is -2.40. The number of primary amides is 1. The molecule has 82 valence electrons. The van der Waals surface area contributed by atoms with Crippen molar-refractivity contribution >= 4 is 15.8 Å². The van der Waals surface area contributed by atoms with Crippen molar-refractivity contribution in [3.63, 3.8) is 0 Å². The molecule has 0 bridgehead atoms. The molecule has 1 aliphatic carbocycles. The topological polar surface area (TPSA) is 96.0 Å². The second-order valence-electron chi connectivity index (χ2n) is 3.92. The Morgan fingerprint density at radius 2 is 2.21 bits per heavy atom. The van der Waals surface area contributed by atoms with E-state index in [-0.39, 0.29) is 17.9 Å². The maximum atomic E-state index is 11.2. The van der Waals surface area contributed by atoms with Crippen LogP contribution in [0, 0.1) is 10.7 Å². The van der Waals surface area contributed by atoms with Gasteiger partial charge in [-0.25, -0.2) is 13.7 Å². The van der Waals surface area contributed by atoms with Crippen LogP contribution in [0.25, 0.3) is 0 Å². The third kappa shape index (κ3) is 3.63. The van der Waals surface area contributed by atoms with Crippen molar-refractivity contribution in [1.29, 1.82) is 4.78 Å². The van der Waals surface area contributed by atoms with Crippen molar-refractivity contribution in [1.82, 2.24) is 4.72 Å². The predicted molar refractivity (Wildman–Crippen MR) is 54.9 cm³/mol. The molecule has 1 saturated carbocycles. The standard InChI is InChI=1S/C8H17N3O2S/c1-14(10,13)11-7-4-2-3-6(5-7)8(9)12/h6-7H,2-5H2,1H3,(H2,9,12)(H2,10,11,13). The van der Waals surface area contributed by atoms with Crippen LogP contribution in [0.15, 0.2) is 0 Å². The molecule has 0 aromatic carbocycles. The molecule has 0 radical (unpaired) electrons. The molecule has 0 aromatic rings. The van der Waals surface area contributed by atoms with Crippen molar-refractivity contribution in [2.24, 2.45) is 11.7 Å². The van der Waals surface area contributed by atoms with E-state index in [0.29, 0.717) is 6.42 Å². The number of nitrogens with one attached hydrogen (secondary N) is 2. The fraction of sp³-hybridized carbons (Fsp3) is 0.875. The highest BCUT2D eigenvalue weighted by Crippen LogP contribution is 2.24. The Balaban J connectivity index is 2.52. The minimum Gasteiger partial charge on any atom is -0.369 e. The highest BCUT2D eigenvalue weighted by molar-refractivity contribution is 7.89. The SMILES string of the molecule is CS(=N)(=O)NC1CCCC(C(N)=O)C1. The van der Waals surface area contributed by atoms with Gasteiger partial charge in [0.25, 0.3) is 0 Å². The van der Waals surface area contributed by atoms with E-state index in [1.807, 2.05) is 0 Å². The Kier molecular flexibility index (Phi) is 3.49. The summed E-state index contributed by atoms with van der Waals surface area (Å²) in [4.78, 5) is 10.9. The first kappa shape index (κ1) is 11.5. The van der Waals surface area contributed by atoms with E-state index in [1.54, 1.807) is 0 Å². The van der Waals surface area contributed by atoms with Gasteiger partial charge in [-0.1, -0.05) is 6.42 Å². The minimum atomic E-state index is -2.67. The molecule has 1 fully saturated rings. The first-order chi connectivity index (χ1) is 6.38. The van der Waals surface area contributed by atoms with Gasteiger partial charge >= 0.3 is 0 Å². The van der Waals surface area contributed by atoms with Gasteiger partial charge in [-0.05, 0) is 19.3 Å². The summed E-state index contributed by atoms with van der Waals surface area (Å²) in [5, 5.41) is 0. The molecule has 0 heterocycles. The summed E-state index contributed by atoms with van der Waals surface area (Å²) >= 11 is 0. The molecular weight excluding hydrogens is 202 g/mol. The van der Waals surface area contributed by atoms with Crippen LogP contribution in [0.5, 0.6) is 0 Å². The number of hydrogen-bond acceptors (Lipinski definition) is 3. The molecular formula is C8H17N3O2S. The summed E-state index contributed by atoms with van der Waals surface area (Å²) in [5.41, 5.74) is 5.21. The monoisotopic (exact) mass is 219 g/mol. The average Bonchev–Trinajstić information content (AvgIpc) is 2.01. The van der Waals surface area contributed by atoms with Crippen LogP contribution >= 0.6 is 0 Å². The van der Waals surface area contributed by atoms with Gasteiger partial charge in [0.2, 0.25) is 5.91 Å². The van der Waals surface area contributed by atoms with Gasteiger partial charge in [-0.2, -0.15) is 0 Å². The molecule has 0 aromatic heterocycles. The maximum Gasteiger partial charge on any atom is 0.220 e. The van der Waals surface area contributed by atoms with E-state index in [1.165, 1.54) is 6.26 Å². The van der Waals surface area contributed by atoms with Gasteiger partial charge in [0.1, 0.15) is 9.92 Å². The maximum absolute atomic E-state index is 11.2. The zero-order chi connectivity index (χ0) is 10.8. The zero-order valence-corrected chi connectivity index (χ0v) is 9.10. The van der Waals surface area contributed by atoms with Crippen LogP contribution in [-0.4, -0.2) is 22.4 Å². The Labute approximate surface area is 84.5 Å². The quantitative estimate of drug-likeness (QED) is 0.632. The summed E-state index contributed by atoms with van der Waals surface area (Å²) in [6.07, 6.45) is 4.55. The Hall–Kier alpha value is -0.620. The minimum absolute atomic E-state index is 0.00347. The summed E-state index contributed by atoms with van der Waals surface area (Å²) in [7, 11) is -2.67. The molecule has 1 amide bonds. The molecule has 1 rings (SSSR count). The normalized spacial score (nSPS) is 32.1. The second-order valence-corrected chi connectivity index (χ2v) is 5.85. The Bertz CT molecular complexity index is 313. The summed E-state index contributed by atoms with van der Waals surface area (Å²) in [6, 6.07) is -0.00347. The molecule has 1 aliphatic rings. The fourth-order valence-corrected chi connectivity index (χ4v) is 2.72. The zero-order valence-electron chi connectivity index (χ0n) is 8.29. The van der Waals surface area contributed by atoms with Gasteiger partial charge in [-0.15, -0.1) is 0 Å². The lowest BCUT2D eigenvalue weighted by molar-refractivity contribution is -0.122. The lowest BCUT2D eigenvalue weighted by Gasteiger charge is -2.27. The van der Waals surface area contributed by atoms with Crippen LogP contribution in [-0.2, 0) is 14.7 Å². The second kappa shape index (κ2) is 4.27. The van der Waals surface area contributed by atoms with Gasteiger partial charge in [0.15, 0.2) is 0 Å². The van der Waals surface area contributed by atoms with Gasteiger partial charge in [0, 0.05) is 18.2 Å². The van der Waals surface area contributed by atoms with Gasteiger partial charge < -0.3 is 5.73 Å². The summed E-state index contributed by atoms with van der Waals surface area (Å²) in [6.45, 7) is 0. The van der Waals surface area contributed by atoms with Crippen molar-refractivity contribution in [2.75, 3.05) is 6.26 Å². The molecule has 5 nitrogen and oxygen atoms in total. The number of hydrogen-bond donors (Lipinski definition) is 3. The van der Waals surface area contributed by atoms with Gasteiger partial charge in [0.05, 0.1) is 0 Å². The molecule has 14 heavy (non-hydrogen) atoms. The first-order valence-corrected chi connectivity index (χ1v) is 6.65. The summed E-state index contributed by atoms with van der Waals surface area (Å²) in [5.74, 6) is -0.410. The van der Waals surface area contributed by atoms with E-state index >= 15 is 0 Å². The molecule has 0 spiro atoms. The van der Waals surface area contributed by atoms with E-state index in [4.69, 9.17) is 10.5 Å². The number of carbonyl (C=O) groups excluding carboxylic acids is 1. The predicted octanol–water partition coefficient (Wildman–Crippen LogP) is 0.212. The third-order valence-electron chi connectivity index (χ3n) is 2.47. The molecule has 0 saturated heterocycles. The Morgan fingerprint density at radius 3 is 2.71 bits per heavy atom. The van der Waals surface area contributed by atoms with E-state index < -0.39 is 9.92 Å². The molecule has 4 N–H and O–H groups in total. The highest BCUT2D eigenvalue weighted by Gasteiger charge is 2.26. The van der Waals surface area contributed by atoms with Crippen LogP contribution < -0.4 is 10.5 Å². The number of nitrogens with two attached hydrogens (primary N) is 1. The highest BCUT2D eigenvalue weighted by atomic mass is 32.2. The van der Waals surface area contributed by atoms with Gasteiger partial charge in [-0.3, -0.25) is 4.79 Å². The first-order valence-electron chi connectivity index (χ1n) is 4.69. The van der Waals surface area contributed by atoms with Crippen molar-refractivity contribution in [3.8, 4) is 0 Å².